The predicted molar refractivity (Wildman–Crippen MR) is 92.5 cm³/mol. The fourth-order valence-electron chi connectivity index (χ4n) is 2.74. The quantitative estimate of drug-likeness (QED) is 0.788. The number of aromatic nitrogens is 1. The molecule has 0 radical (unpaired) electrons. The molecule has 1 fully saturated rings. The topological polar surface area (TPSA) is 42.4 Å². The molecule has 23 heavy (non-hydrogen) atoms. The van der Waals surface area contributed by atoms with Crippen LogP contribution in [0.25, 0.3) is 10.4 Å². The molecule has 0 aliphatic carbocycles. The predicted octanol–water partition coefficient (Wildman–Crippen LogP) is 4.88. The summed E-state index contributed by atoms with van der Waals surface area (Å²) in [7, 11) is 0. The summed E-state index contributed by atoms with van der Waals surface area (Å²) in [6, 6.07) is 10.3. The lowest BCUT2D eigenvalue weighted by molar-refractivity contribution is 0.0224. The normalized spacial score (nSPS) is 18.2. The highest BCUT2D eigenvalue weighted by molar-refractivity contribution is 7.15. The molecule has 4 nitrogen and oxygen atoms in total. The van der Waals surface area contributed by atoms with E-state index in [4.69, 9.17) is 4.74 Å². The summed E-state index contributed by atoms with van der Waals surface area (Å²) < 4.78 is 5.53. The number of benzene rings is 1. The zero-order valence-corrected chi connectivity index (χ0v) is 14.6. The van der Waals surface area contributed by atoms with Gasteiger partial charge in [-0.1, -0.05) is 30.3 Å². The Balaban J connectivity index is 1.78. The largest absolute Gasteiger partial charge is 0.444 e. The van der Waals surface area contributed by atoms with Gasteiger partial charge in [-0.3, -0.25) is 4.90 Å². The summed E-state index contributed by atoms with van der Waals surface area (Å²) in [4.78, 5) is 19.9. The highest BCUT2D eigenvalue weighted by Crippen LogP contribution is 2.37. The van der Waals surface area contributed by atoms with E-state index in [1.807, 2.05) is 50.1 Å². The Morgan fingerprint density at radius 2 is 2.04 bits per heavy atom. The zero-order valence-electron chi connectivity index (χ0n) is 13.8. The van der Waals surface area contributed by atoms with Crippen LogP contribution in [0.2, 0.25) is 0 Å². The number of ether oxygens (including phenoxy) is 1. The van der Waals surface area contributed by atoms with Gasteiger partial charge in [-0.25, -0.2) is 9.78 Å². The van der Waals surface area contributed by atoms with Gasteiger partial charge in [0.2, 0.25) is 0 Å². The maximum absolute atomic E-state index is 12.4. The molecular formula is C18H22N2O2S. The number of nitrogens with zero attached hydrogens (tertiary/aromatic N) is 2. The molecule has 1 aromatic heterocycles. The van der Waals surface area contributed by atoms with E-state index in [0.717, 1.165) is 34.8 Å². The molecule has 1 atom stereocenters. The van der Waals surface area contributed by atoms with Gasteiger partial charge < -0.3 is 4.74 Å². The number of carbonyl (C=O) groups excluding carboxylic acids is 1. The minimum atomic E-state index is -0.470. The fourth-order valence-corrected chi connectivity index (χ4v) is 3.81. The van der Waals surface area contributed by atoms with Crippen LogP contribution in [-0.4, -0.2) is 28.1 Å². The van der Waals surface area contributed by atoms with Crippen molar-refractivity contribution in [2.45, 2.75) is 45.3 Å². The molecule has 1 amide bonds. The van der Waals surface area contributed by atoms with Crippen molar-refractivity contribution in [1.29, 1.82) is 0 Å². The number of thiazole rings is 1. The number of likely N-dealkylation sites (tertiary alicyclic amines) is 1. The van der Waals surface area contributed by atoms with E-state index >= 15 is 0 Å². The molecule has 122 valence electrons. The Kier molecular flexibility index (Phi) is 4.39. The molecule has 0 N–H and O–H groups in total. The van der Waals surface area contributed by atoms with Crippen molar-refractivity contribution in [3.8, 4) is 10.4 Å². The van der Waals surface area contributed by atoms with Crippen molar-refractivity contribution >= 4 is 17.4 Å². The van der Waals surface area contributed by atoms with Crippen LogP contribution in [0.3, 0.4) is 0 Å². The third-order valence-electron chi connectivity index (χ3n) is 3.75. The molecule has 2 aromatic rings. The second-order valence-corrected chi connectivity index (χ2v) is 7.82. The maximum atomic E-state index is 12.4. The first-order valence-electron chi connectivity index (χ1n) is 7.95. The summed E-state index contributed by atoms with van der Waals surface area (Å²) in [6.45, 7) is 6.42. The van der Waals surface area contributed by atoms with Gasteiger partial charge in [0, 0.05) is 12.7 Å². The molecule has 0 bridgehead atoms. The Bertz CT molecular complexity index is 676. The lowest BCUT2D eigenvalue weighted by Crippen LogP contribution is -2.36. The van der Waals surface area contributed by atoms with Gasteiger partial charge in [-0.2, -0.15) is 0 Å². The highest BCUT2D eigenvalue weighted by atomic mass is 32.1. The molecule has 1 aromatic carbocycles. The minimum absolute atomic E-state index is 0.0345. The van der Waals surface area contributed by atoms with Crippen LogP contribution in [-0.2, 0) is 4.74 Å². The van der Waals surface area contributed by atoms with Crippen molar-refractivity contribution < 1.29 is 9.53 Å². The first kappa shape index (κ1) is 16.0. The van der Waals surface area contributed by atoms with Crippen molar-refractivity contribution in [3.63, 3.8) is 0 Å². The van der Waals surface area contributed by atoms with Crippen molar-refractivity contribution in [1.82, 2.24) is 9.88 Å². The van der Waals surface area contributed by atoms with Crippen LogP contribution in [0.5, 0.6) is 0 Å². The van der Waals surface area contributed by atoms with Gasteiger partial charge in [-0.15, -0.1) is 11.3 Å². The Morgan fingerprint density at radius 3 is 2.74 bits per heavy atom. The SMILES string of the molecule is CC(C)(C)OC(=O)N1CCCC1c1ncc(-c2ccccc2)s1. The Morgan fingerprint density at radius 1 is 1.30 bits per heavy atom. The summed E-state index contributed by atoms with van der Waals surface area (Å²) in [6.07, 6.45) is 3.60. The van der Waals surface area contributed by atoms with E-state index in [0.29, 0.717) is 0 Å². The third-order valence-corrected chi connectivity index (χ3v) is 4.90. The molecule has 1 aliphatic rings. The van der Waals surface area contributed by atoms with E-state index in [1.165, 1.54) is 0 Å². The Labute approximate surface area is 141 Å². The first-order chi connectivity index (χ1) is 10.9. The van der Waals surface area contributed by atoms with Gasteiger partial charge in [0.05, 0.1) is 10.9 Å². The number of amides is 1. The second kappa shape index (κ2) is 6.32. The van der Waals surface area contributed by atoms with E-state index in [2.05, 4.69) is 17.1 Å². The number of hydrogen-bond donors (Lipinski definition) is 0. The number of carbonyl (C=O) groups is 1. The van der Waals surface area contributed by atoms with Crippen molar-refractivity contribution in [2.24, 2.45) is 0 Å². The molecule has 1 saturated heterocycles. The molecule has 5 heteroatoms. The number of rotatable bonds is 2. The van der Waals surface area contributed by atoms with Gasteiger partial charge in [0.15, 0.2) is 0 Å². The summed E-state index contributed by atoms with van der Waals surface area (Å²) in [5.74, 6) is 0. The van der Waals surface area contributed by atoms with Gasteiger partial charge in [-0.05, 0) is 39.2 Å². The summed E-state index contributed by atoms with van der Waals surface area (Å²) in [5.41, 5.74) is 0.695. The molecule has 0 saturated carbocycles. The molecule has 0 spiro atoms. The third kappa shape index (κ3) is 3.72. The molecule has 1 unspecified atom stereocenters. The van der Waals surface area contributed by atoms with Gasteiger partial charge in [0.25, 0.3) is 0 Å². The van der Waals surface area contributed by atoms with Crippen molar-refractivity contribution in [2.75, 3.05) is 6.54 Å². The van der Waals surface area contributed by atoms with Crippen LogP contribution in [0, 0.1) is 0 Å². The first-order valence-corrected chi connectivity index (χ1v) is 8.76. The molecular weight excluding hydrogens is 308 g/mol. The average Bonchev–Trinajstić information content (AvgIpc) is 3.15. The maximum Gasteiger partial charge on any atom is 0.410 e. The zero-order chi connectivity index (χ0) is 16.4. The molecule has 3 rings (SSSR count). The minimum Gasteiger partial charge on any atom is -0.444 e. The lowest BCUT2D eigenvalue weighted by atomic mass is 10.2. The lowest BCUT2D eigenvalue weighted by Gasteiger charge is -2.27. The van der Waals surface area contributed by atoms with Crippen LogP contribution in [0.15, 0.2) is 36.5 Å². The van der Waals surface area contributed by atoms with Crippen LogP contribution >= 0.6 is 11.3 Å². The monoisotopic (exact) mass is 330 g/mol. The van der Waals surface area contributed by atoms with E-state index in [1.54, 1.807) is 11.3 Å². The smallest absolute Gasteiger partial charge is 0.410 e. The average molecular weight is 330 g/mol. The number of hydrogen-bond acceptors (Lipinski definition) is 4. The summed E-state index contributed by atoms with van der Waals surface area (Å²) >= 11 is 1.66. The van der Waals surface area contributed by atoms with Crippen molar-refractivity contribution in [3.05, 3.63) is 41.5 Å². The summed E-state index contributed by atoms with van der Waals surface area (Å²) in [5, 5.41) is 0.993. The second-order valence-electron chi connectivity index (χ2n) is 6.76. The Hall–Kier alpha value is -1.88. The van der Waals surface area contributed by atoms with Crippen LogP contribution < -0.4 is 0 Å². The molecule has 1 aliphatic heterocycles. The van der Waals surface area contributed by atoms with Gasteiger partial charge >= 0.3 is 6.09 Å². The standard InChI is InChI=1S/C18H22N2O2S/c1-18(2,3)22-17(21)20-11-7-10-14(20)16-19-12-15(23-16)13-8-5-4-6-9-13/h4-6,8-9,12,14H,7,10-11H2,1-3H3. The molecule has 2 heterocycles. The van der Waals surface area contributed by atoms with Gasteiger partial charge in [0.1, 0.15) is 10.6 Å². The van der Waals surface area contributed by atoms with E-state index in [9.17, 15) is 4.79 Å². The van der Waals surface area contributed by atoms with E-state index in [-0.39, 0.29) is 12.1 Å². The highest BCUT2D eigenvalue weighted by Gasteiger charge is 2.34. The fraction of sp³-hybridized carbons (Fsp3) is 0.444. The van der Waals surface area contributed by atoms with E-state index < -0.39 is 5.60 Å². The van der Waals surface area contributed by atoms with Crippen LogP contribution in [0.1, 0.15) is 44.7 Å². The van der Waals surface area contributed by atoms with Crippen LogP contribution in [0.4, 0.5) is 4.79 Å².